The number of benzene rings is 2. The van der Waals surface area contributed by atoms with Crippen molar-refractivity contribution in [2.24, 2.45) is 5.92 Å². The molecule has 162 valence electrons. The van der Waals surface area contributed by atoms with E-state index >= 15 is 0 Å². The Morgan fingerprint density at radius 1 is 0.903 bits per heavy atom. The summed E-state index contributed by atoms with van der Waals surface area (Å²) in [4.78, 5) is 39.0. The summed E-state index contributed by atoms with van der Waals surface area (Å²) in [5.41, 5.74) is 2.80. The third-order valence-corrected chi connectivity index (χ3v) is 6.10. The predicted molar refractivity (Wildman–Crippen MR) is 121 cm³/mol. The molecule has 0 atom stereocenters. The predicted octanol–water partition coefficient (Wildman–Crippen LogP) is 4.58. The first-order valence-electron chi connectivity index (χ1n) is 11.2. The van der Waals surface area contributed by atoms with E-state index in [4.69, 9.17) is 0 Å². The molecule has 31 heavy (non-hydrogen) atoms. The molecule has 2 N–H and O–H groups in total. The monoisotopic (exact) mass is 419 g/mol. The number of rotatable bonds is 6. The molecule has 0 unspecified atom stereocenters. The van der Waals surface area contributed by atoms with Crippen molar-refractivity contribution >= 4 is 29.1 Å². The van der Waals surface area contributed by atoms with Gasteiger partial charge in [-0.15, -0.1) is 0 Å². The van der Waals surface area contributed by atoms with Gasteiger partial charge in [0.2, 0.25) is 11.8 Å². The number of anilines is 2. The molecule has 1 saturated carbocycles. The van der Waals surface area contributed by atoms with Crippen LogP contribution in [0.5, 0.6) is 0 Å². The maximum atomic E-state index is 12.8. The molecule has 1 heterocycles. The van der Waals surface area contributed by atoms with Crippen molar-refractivity contribution < 1.29 is 14.4 Å². The first-order chi connectivity index (χ1) is 15.1. The summed E-state index contributed by atoms with van der Waals surface area (Å²) in [6, 6.07) is 14.6. The van der Waals surface area contributed by atoms with Gasteiger partial charge in [0.15, 0.2) is 0 Å². The van der Waals surface area contributed by atoms with E-state index in [9.17, 15) is 14.4 Å². The van der Waals surface area contributed by atoms with Crippen molar-refractivity contribution in [1.29, 1.82) is 0 Å². The van der Waals surface area contributed by atoms with E-state index < -0.39 is 0 Å². The highest BCUT2D eigenvalue weighted by Crippen LogP contribution is 2.25. The minimum Gasteiger partial charge on any atom is -0.338 e. The maximum Gasteiger partial charge on any atom is 0.255 e. The summed E-state index contributed by atoms with van der Waals surface area (Å²) in [5.74, 6) is 0.0579. The fourth-order valence-electron chi connectivity index (χ4n) is 4.39. The van der Waals surface area contributed by atoms with Crippen molar-refractivity contribution in [2.45, 2.75) is 51.5 Å². The number of hydrogen-bond acceptors (Lipinski definition) is 3. The van der Waals surface area contributed by atoms with Crippen molar-refractivity contribution in [3.8, 4) is 0 Å². The third-order valence-electron chi connectivity index (χ3n) is 6.10. The Labute approximate surface area is 183 Å². The average molecular weight is 420 g/mol. The fraction of sp³-hybridized carbons (Fsp3) is 0.400. The summed E-state index contributed by atoms with van der Waals surface area (Å²) in [6.45, 7) is 1.35. The lowest BCUT2D eigenvalue weighted by Crippen LogP contribution is -2.25. The summed E-state index contributed by atoms with van der Waals surface area (Å²) < 4.78 is 0. The molecule has 0 aromatic heterocycles. The quantitative estimate of drug-likeness (QED) is 0.719. The lowest BCUT2D eigenvalue weighted by atomic mass is 9.88. The van der Waals surface area contributed by atoms with Crippen LogP contribution in [0.3, 0.4) is 0 Å². The molecule has 0 radical (unpaired) electrons. The van der Waals surface area contributed by atoms with E-state index in [0.29, 0.717) is 29.9 Å². The molecule has 1 aliphatic heterocycles. The molecule has 0 bridgehead atoms. The van der Waals surface area contributed by atoms with Crippen LogP contribution in [0.4, 0.5) is 11.4 Å². The lowest BCUT2D eigenvalue weighted by molar-refractivity contribution is -0.128. The normalized spacial score (nSPS) is 16.9. The maximum absolute atomic E-state index is 12.8. The minimum atomic E-state index is -0.233. The molecule has 3 amide bonds. The van der Waals surface area contributed by atoms with Crippen LogP contribution in [0.2, 0.25) is 0 Å². The molecular weight excluding hydrogens is 390 g/mol. The van der Waals surface area contributed by atoms with Crippen LogP contribution in [0.1, 0.15) is 60.9 Å². The Balaban J connectivity index is 1.38. The van der Waals surface area contributed by atoms with Crippen LogP contribution in [-0.2, 0) is 16.1 Å². The molecule has 6 heteroatoms. The summed E-state index contributed by atoms with van der Waals surface area (Å²) in [7, 11) is 0. The molecule has 1 saturated heterocycles. The molecule has 2 aromatic rings. The fourth-order valence-corrected chi connectivity index (χ4v) is 4.39. The van der Waals surface area contributed by atoms with E-state index in [1.807, 2.05) is 35.2 Å². The minimum absolute atomic E-state index is 0.0430. The zero-order chi connectivity index (χ0) is 21.6. The Kier molecular flexibility index (Phi) is 6.65. The number of hydrogen-bond donors (Lipinski definition) is 2. The number of amides is 3. The second-order valence-electron chi connectivity index (χ2n) is 8.48. The van der Waals surface area contributed by atoms with Gasteiger partial charge in [-0.05, 0) is 55.2 Å². The van der Waals surface area contributed by atoms with Gasteiger partial charge in [0.05, 0.1) is 0 Å². The second kappa shape index (κ2) is 9.77. The zero-order valence-corrected chi connectivity index (χ0v) is 17.7. The number of carbonyl (C=O) groups is 3. The van der Waals surface area contributed by atoms with Gasteiger partial charge in [-0.1, -0.05) is 37.5 Å². The van der Waals surface area contributed by atoms with E-state index in [-0.39, 0.29) is 23.6 Å². The Morgan fingerprint density at radius 2 is 1.65 bits per heavy atom. The molecule has 6 nitrogen and oxygen atoms in total. The third kappa shape index (κ3) is 5.51. The van der Waals surface area contributed by atoms with Crippen molar-refractivity contribution in [3.63, 3.8) is 0 Å². The van der Waals surface area contributed by atoms with E-state index in [1.54, 1.807) is 18.2 Å². The first kappa shape index (κ1) is 21.1. The zero-order valence-electron chi connectivity index (χ0n) is 17.7. The highest BCUT2D eigenvalue weighted by molar-refractivity contribution is 6.05. The van der Waals surface area contributed by atoms with Crippen molar-refractivity contribution in [1.82, 2.24) is 4.90 Å². The SMILES string of the molecule is O=C(Nc1cccc(CN2CCCC2=O)c1)c1cccc(NC(=O)C2CCCCC2)c1. The Bertz CT molecular complexity index is 966. The number of nitrogens with zero attached hydrogens (tertiary/aromatic N) is 1. The highest BCUT2D eigenvalue weighted by Gasteiger charge is 2.22. The number of likely N-dealkylation sites (tertiary alicyclic amines) is 1. The van der Waals surface area contributed by atoms with Crippen LogP contribution >= 0.6 is 0 Å². The molecule has 2 aromatic carbocycles. The van der Waals surface area contributed by atoms with Gasteiger partial charge >= 0.3 is 0 Å². The largest absolute Gasteiger partial charge is 0.338 e. The van der Waals surface area contributed by atoms with Gasteiger partial charge in [-0.2, -0.15) is 0 Å². The molecule has 2 fully saturated rings. The lowest BCUT2D eigenvalue weighted by Gasteiger charge is -2.20. The summed E-state index contributed by atoms with van der Waals surface area (Å²) >= 11 is 0. The first-order valence-corrected chi connectivity index (χ1v) is 11.2. The summed E-state index contributed by atoms with van der Waals surface area (Å²) in [6.07, 6.45) is 6.80. The van der Waals surface area contributed by atoms with Crippen molar-refractivity contribution in [2.75, 3.05) is 17.2 Å². The van der Waals surface area contributed by atoms with Crippen LogP contribution in [-0.4, -0.2) is 29.2 Å². The number of carbonyl (C=O) groups excluding carboxylic acids is 3. The van der Waals surface area contributed by atoms with Gasteiger partial charge in [-0.3, -0.25) is 14.4 Å². The molecular formula is C25H29N3O3. The van der Waals surface area contributed by atoms with E-state index in [1.165, 1.54) is 6.42 Å². The van der Waals surface area contributed by atoms with Gasteiger partial charge in [-0.25, -0.2) is 0 Å². The van der Waals surface area contributed by atoms with E-state index in [2.05, 4.69) is 10.6 Å². The Morgan fingerprint density at radius 3 is 2.39 bits per heavy atom. The smallest absolute Gasteiger partial charge is 0.255 e. The van der Waals surface area contributed by atoms with Crippen LogP contribution in [0.25, 0.3) is 0 Å². The van der Waals surface area contributed by atoms with Crippen LogP contribution in [0.15, 0.2) is 48.5 Å². The highest BCUT2D eigenvalue weighted by atomic mass is 16.2. The van der Waals surface area contributed by atoms with Gasteiger partial charge in [0, 0.05) is 42.4 Å². The van der Waals surface area contributed by atoms with Gasteiger partial charge < -0.3 is 15.5 Å². The number of nitrogens with one attached hydrogen (secondary N) is 2. The standard InChI is InChI=1S/C25H29N3O3/c29-23-13-6-14-28(23)17-18-7-4-11-21(15-18)26-25(31)20-10-5-12-22(16-20)27-24(30)19-8-2-1-3-9-19/h4-5,7,10-12,15-16,19H,1-3,6,8-9,13-14,17H2,(H,26,31)(H,27,30). The second-order valence-corrected chi connectivity index (χ2v) is 8.48. The molecule has 0 spiro atoms. The average Bonchev–Trinajstić information content (AvgIpc) is 3.19. The molecule has 1 aliphatic carbocycles. The molecule has 2 aliphatic rings. The van der Waals surface area contributed by atoms with Crippen LogP contribution < -0.4 is 10.6 Å². The van der Waals surface area contributed by atoms with E-state index in [0.717, 1.165) is 44.2 Å². The van der Waals surface area contributed by atoms with Gasteiger partial charge in [0.25, 0.3) is 5.91 Å². The van der Waals surface area contributed by atoms with Gasteiger partial charge in [0.1, 0.15) is 0 Å². The van der Waals surface area contributed by atoms with Crippen molar-refractivity contribution in [3.05, 3.63) is 59.7 Å². The van der Waals surface area contributed by atoms with Crippen LogP contribution in [0, 0.1) is 5.92 Å². The Hall–Kier alpha value is -3.15. The topological polar surface area (TPSA) is 78.5 Å². The summed E-state index contributed by atoms with van der Waals surface area (Å²) in [5, 5.41) is 5.89. The molecule has 4 rings (SSSR count).